The number of hydrogen-bond donors (Lipinski definition) is 1. The maximum absolute atomic E-state index is 5.30. The molecule has 0 spiro atoms. The van der Waals surface area contributed by atoms with Gasteiger partial charge in [0.05, 0.1) is 5.00 Å². The fraction of sp³-hybridized carbons (Fsp3) is 0. The van der Waals surface area contributed by atoms with Crippen LogP contribution in [0.5, 0.6) is 0 Å². The van der Waals surface area contributed by atoms with E-state index in [4.69, 9.17) is 5.73 Å². The van der Waals surface area contributed by atoms with Crippen LogP contribution in [0.4, 0.5) is 5.00 Å². The topological polar surface area (TPSA) is 26.0 Å². The molecule has 1 aromatic rings. The Morgan fingerprint density at radius 2 is 2.67 bits per heavy atom. The van der Waals surface area contributed by atoms with Crippen molar-refractivity contribution in [3.8, 4) is 0 Å². The lowest BCUT2D eigenvalue weighted by Crippen LogP contribution is -1.72. The maximum atomic E-state index is 5.30. The molecule has 0 radical (unpaired) electrons. The van der Waals surface area contributed by atoms with Gasteiger partial charge in [0, 0.05) is 0 Å². The molecule has 0 saturated carbocycles. The van der Waals surface area contributed by atoms with E-state index in [-0.39, 0.29) is 5.71 Å². The smallest absolute Gasteiger partial charge is 0.391 e. The summed E-state index contributed by atoms with van der Waals surface area (Å²) in [5, 5.41) is 2.84. The molecule has 0 amide bonds. The van der Waals surface area contributed by atoms with Gasteiger partial charge in [-0.15, -0.1) is 11.3 Å². The Bertz CT molecular complexity index is 121. The molecule has 0 aliphatic carbocycles. The van der Waals surface area contributed by atoms with Crippen LogP contribution >= 0.6 is 11.3 Å². The lowest BCUT2D eigenvalue weighted by Gasteiger charge is -1.68. The summed E-state index contributed by atoms with van der Waals surface area (Å²) in [7, 11) is 0. The highest BCUT2D eigenvalue weighted by Gasteiger charge is 1.75. The Balaban J connectivity index is -0.0000000450. The van der Waals surface area contributed by atoms with E-state index in [2.05, 4.69) is 0 Å². The molecule has 0 bridgehead atoms. The van der Waals surface area contributed by atoms with Gasteiger partial charge in [-0.3, -0.25) is 0 Å². The van der Waals surface area contributed by atoms with Gasteiger partial charge in [0.25, 0.3) is 0 Å². The van der Waals surface area contributed by atoms with Crippen LogP contribution in [-0.2, 0) is 0 Å². The first kappa shape index (κ1) is 3.68. The highest BCUT2D eigenvalue weighted by Crippen LogP contribution is 2.07. The lowest BCUT2D eigenvalue weighted by atomic mass is 10.6. The predicted molar refractivity (Wildman–Crippen MR) is 33.2 cm³/mol. The third-order valence-electron chi connectivity index (χ3n) is 0.543. The van der Waals surface area contributed by atoms with E-state index in [1.165, 1.54) is 0 Å². The number of nitrogens with two attached hydrogens (primary N) is 1. The van der Waals surface area contributed by atoms with Gasteiger partial charge >= 0.3 is 5.71 Å². The molecule has 2 heteroatoms. The molecule has 6 heavy (non-hydrogen) atoms. The summed E-state index contributed by atoms with van der Waals surface area (Å²) >= 11 is 1.56. The molecule has 0 saturated heterocycles. The molecular weight excluding hydrogens is 94.1 g/mol. The summed E-state index contributed by atoms with van der Waals surface area (Å²) in [6.07, 6.45) is 0. The standard InChI is InChI=1S/C4H5NS/c5-4-2-1-3-6-4/h1-3H,5H2/p+4. The molecule has 2 N–H and O–H groups in total. The summed E-state index contributed by atoms with van der Waals surface area (Å²) in [5.41, 5.74) is 5.30. The third kappa shape index (κ3) is 0.518. The summed E-state index contributed by atoms with van der Waals surface area (Å²) in [5.74, 6) is 0. The minimum absolute atomic E-state index is 0. The highest BCUT2D eigenvalue weighted by molar-refractivity contribution is 7.13. The van der Waals surface area contributed by atoms with E-state index >= 15 is 0 Å². The summed E-state index contributed by atoms with van der Waals surface area (Å²) in [6.45, 7) is 0. The Kier molecular flexibility index (Phi) is 0.801. The Labute approximate surface area is 46.4 Å². The summed E-state index contributed by atoms with van der Waals surface area (Å²) in [6, 6.07) is 3.81. The molecule has 1 aromatic heterocycles. The van der Waals surface area contributed by atoms with Crippen molar-refractivity contribution >= 4 is 16.3 Å². The SMILES string of the molecule is Nc1cccs1.[H+].[H+].[H+].[H+]. The molecule has 0 aliphatic rings. The van der Waals surface area contributed by atoms with E-state index in [9.17, 15) is 0 Å². The molecule has 0 atom stereocenters. The van der Waals surface area contributed by atoms with E-state index in [1.54, 1.807) is 11.3 Å². The molecule has 0 unspecified atom stereocenters. The monoisotopic (exact) mass is 103 g/mol. The van der Waals surface area contributed by atoms with Crippen LogP contribution < -0.4 is 5.73 Å². The van der Waals surface area contributed by atoms with Crippen LogP contribution in [0.1, 0.15) is 5.71 Å². The van der Waals surface area contributed by atoms with Crippen LogP contribution in [0, 0.1) is 0 Å². The van der Waals surface area contributed by atoms with Gasteiger partial charge in [-0.05, 0) is 17.5 Å². The zero-order valence-electron chi connectivity index (χ0n) is 7.22. The van der Waals surface area contributed by atoms with E-state index < -0.39 is 0 Å². The van der Waals surface area contributed by atoms with E-state index in [0.29, 0.717) is 0 Å². The second kappa shape index (κ2) is 1.30. The van der Waals surface area contributed by atoms with Crippen molar-refractivity contribution in [3.05, 3.63) is 17.5 Å². The Morgan fingerprint density at radius 1 is 1.83 bits per heavy atom. The fourth-order valence-corrected chi connectivity index (χ4v) is 0.763. The quantitative estimate of drug-likeness (QED) is 0.532. The van der Waals surface area contributed by atoms with Crippen molar-refractivity contribution in [2.45, 2.75) is 0 Å². The first-order chi connectivity index (χ1) is 2.89. The average molecular weight is 103 g/mol. The first-order valence-electron chi connectivity index (χ1n) is 1.68. The average Bonchev–Trinajstić information content (AvgIpc) is 1.86. The number of anilines is 1. The number of rotatable bonds is 0. The minimum Gasteiger partial charge on any atom is -0.391 e. The van der Waals surface area contributed by atoms with Crippen molar-refractivity contribution in [3.63, 3.8) is 0 Å². The first-order valence-corrected chi connectivity index (χ1v) is 2.56. The fourth-order valence-electron chi connectivity index (χ4n) is 0.291. The molecule has 0 aromatic carbocycles. The van der Waals surface area contributed by atoms with Crippen molar-refractivity contribution in [1.82, 2.24) is 0 Å². The second-order valence-corrected chi connectivity index (χ2v) is 1.99. The van der Waals surface area contributed by atoms with Crippen molar-refractivity contribution < 1.29 is 5.71 Å². The lowest BCUT2D eigenvalue weighted by molar-refractivity contribution is 1.94. The van der Waals surface area contributed by atoms with Gasteiger partial charge < -0.3 is 5.73 Å². The van der Waals surface area contributed by atoms with E-state index in [0.717, 1.165) is 5.00 Å². The van der Waals surface area contributed by atoms with Crippen LogP contribution in [0.2, 0.25) is 0 Å². The molecule has 0 fully saturated rings. The Morgan fingerprint density at radius 3 is 2.83 bits per heavy atom. The van der Waals surface area contributed by atoms with Gasteiger partial charge in [0.1, 0.15) is 0 Å². The zero-order valence-corrected chi connectivity index (χ0v) is 4.03. The zero-order chi connectivity index (χ0) is 4.41. The second-order valence-electron chi connectivity index (χ2n) is 1.02. The van der Waals surface area contributed by atoms with Crippen LogP contribution in [0.25, 0.3) is 0 Å². The van der Waals surface area contributed by atoms with Crippen LogP contribution in [0.3, 0.4) is 0 Å². The molecule has 32 valence electrons. The number of nitrogen functional groups attached to an aromatic ring is 1. The van der Waals surface area contributed by atoms with E-state index in [1.807, 2.05) is 17.5 Å². The third-order valence-corrected chi connectivity index (χ3v) is 1.24. The molecule has 0 aliphatic heterocycles. The van der Waals surface area contributed by atoms with Crippen molar-refractivity contribution in [2.75, 3.05) is 5.73 Å². The molecule has 1 heterocycles. The van der Waals surface area contributed by atoms with Crippen LogP contribution in [0.15, 0.2) is 17.5 Å². The van der Waals surface area contributed by atoms with Gasteiger partial charge in [0.2, 0.25) is 0 Å². The summed E-state index contributed by atoms with van der Waals surface area (Å²) in [4.78, 5) is 0. The van der Waals surface area contributed by atoms with Crippen molar-refractivity contribution in [1.29, 1.82) is 0 Å². The molecule has 1 nitrogen and oxygen atoms in total. The largest absolute Gasteiger partial charge is 1.00 e. The van der Waals surface area contributed by atoms with Gasteiger partial charge in [-0.25, -0.2) is 0 Å². The maximum Gasteiger partial charge on any atom is 1.00 e. The normalized spacial score (nSPS) is 8.67. The van der Waals surface area contributed by atoms with Gasteiger partial charge in [0.15, 0.2) is 0 Å². The van der Waals surface area contributed by atoms with Crippen LogP contribution in [-0.4, -0.2) is 0 Å². The molecular formula is C4H9NS+4. The number of thiophene rings is 1. The van der Waals surface area contributed by atoms with Gasteiger partial charge in [-0.2, -0.15) is 0 Å². The molecule has 1 rings (SSSR count). The summed E-state index contributed by atoms with van der Waals surface area (Å²) < 4.78 is 0. The Hall–Kier alpha value is -0.500. The van der Waals surface area contributed by atoms with Crippen molar-refractivity contribution in [2.24, 2.45) is 0 Å². The van der Waals surface area contributed by atoms with Gasteiger partial charge in [-0.1, -0.05) is 0 Å². The highest BCUT2D eigenvalue weighted by atomic mass is 32.1. The number of hydrogen-bond acceptors (Lipinski definition) is 2. The minimum atomic E-state index is 0. The predicted octanol–water partition coefficient (Wildman–Crippen LogP) is 1.78.